The molecule has 142 valence electrons. The molecule has 1 saturated heterocycles. The molecule has 3 nitrogen and oxygen atoms in total. The molecule has 1 aliphatic heterocycles. The van der Waals surface area contributed by atoms with Crippen LogP contribution >= 0.6 is 0 Å². The van der Waals surface area contributed by atoms with E-state index in [2.05, 4.69) is 0 Å². The molecule has 7 heteroatoms. The van der Waals surface area contributed by atoms with Crippen molar-refractivity contribution in [3.63, 3.8) is 0 Å². The lowest BCUT2D eigenvalue weighted by molar-refractivity contribution is -0.185. The van der Waals surface area contributed by atoms with E-state index < -0.39 is 27.3 Å². The van der Waals surface area contributed by atoms with Gasteiger partial charge in [0.2, 0.25) is 0 Å². The van der Waals surface area contributed by atoms with Gasteiger partial charge in [0.15, 0.2) is 9.84 Å². The van der Waals surface area contributed by atoms with Gasteiger partial charge in [-0.3, -0.25) is 0 Å². The summed E-state index contributed by atoms with van der Waals surface area (Å²) in [7, 11) is -3.37. The average Bonchev–Trinajstić information content (AvgIpc) is 2.52. The average molecular weight is 377 g/mol. The largest absolute Gasteiger partial charge is 0.391 e. The van der Waals surface area contributed by atoms with Crippen LogP contribution in [0.1, 0.15) is 33.1 Å². The minimum atomic E-state index is -4.10. The maximum absolute atomic E-state index is 12.7. The summed E-state index contributed by atoms with van der Waals surface area (Å²) in [6.45, 7) is 5.27. The van der Waals surface area contributed by atoms with E-state index in [-0.39, 0.29) is 18.6 Å². The number of alkyl halides is 3. The molecule has 0 saturated carbocycles. The van der Waals surface area contributed by atoms with Crippen molar-refractivity contribution in [3.8, 4) is 0 Å². The zero-order valence-corrected chi connectivity index (χ0v) is 15.5. The van der Waals surface area contributed by atoms with Crippen LogP contribution in [0.5, 0.6) is 0 Å². The fourth-order valence-electron chi connectivity index (χ4n) is 3.24. The van der Waals surface area contributed by atoms with E-state index in [9.17, 15) is 21.6 Å². The molecule has 1 fully saturated rings. The van der Waals surface area contributed by atoms with Crippen molar-refractivity contribution in [2.45, 2.75) is 44.2 Å². The highest BCUT2D eigenvalue weighted by Crippen LogP contribution is 2.34. The first-order chi connectivity index (χ1) is 11.5. The molecule has 0 aliphatic carbocycles. The van der Waals surface area contributed by atoms with E-state index in [1.54, 1.807) is 30.3 Å². The van der Waals surface area contributed by atoms with Crippen LogP contribution in [0.15, 0.2) is 35.2 Å². The van der Waals surface area contributed by atoms with Crippen LogP contribution in [0.25, 0.3) is 0 Å². The predicted octanol–water partition coefficient (Wildman–Crippen LogP) is 4.15. The lowest BCUT2D eigenvalue weighted by Gasteiger charge is -2.35. The number of sulfone groups is 1. The molecular formula is C18H26F3NO2S. The molecule has 0 N–H and O–H groups in total. The van der Waals surface area contributed by atoms with Gasteiger partial charge in [0.05, 0.1) is 16.6 Å². The molecule has 0 amide bonds. The Balaban J connectivity index is 1.86. The van der Waals surface area contributed by atoms with E-state index in [4.69, 9.17) is 0 Å². The molecule has 25 heavy (non-hydrogen) atoms. The van der Waals surface area contributed by atoms with Crippen molar-refractivity contribution in [3.05, 3.63) is 30.3 Å². The predicted molar refractivity (Wildman–Crippen MR) is 92.1 cm³/mol. The fraction of sp³-hybridized carbons (Fsp3) is 0.667. The summed E-state index contributed by atoms with van der Waals surface area (Å²) in [5, 5.41) is 0. The Bertz CT molecular complexity index is 649. The number of likely N-dealkylation sites (tertiary alicyclic amines) is 1. The highest BCUT2D eigenvalue weighted by Gasteiger charge is 2.41. The molecule has 1 aromatic carbocycles. The van der Waals surface area contributed by atoms with Gasteiger partial charge in [-0.2, -0.15) is 13.2 Å². The number of halogens is 3. The second-order valence-electron chi connectivity index (χ2n) is 7.64. The third-order valence-electron chi connectivity index (χ3n) is 4.84. The van der Waals surface area contributed by atoms with Gasteiger partial charge in [-0.25, -0.2) is 8.42 Å². The smallest absolute Gasteiger partial charge is 0.303 e. The first-order valence-electron chi connectivity index (χ1n) is 8.56. The fourth-order valence-corrected chi connectivity index (χ4v) is 5.15. The van der Waals surface area contributed by atoms with Crippen LogP contribution in [-0.2, 0) is 9.84 Å². The summed E-state index contributed by atoms with van der Waals surface area (Å²) in [5.41, 5.74) is -0.435. The molecule has 0 bridgehead atoms. The summed E-state index contributed by atoms with van der Waals surface area (Å²) in [5.74, 6) is -1.17. The van der Waals surface area contributed by atoms with Gasteiger partial charge in [-0.15, -0.1) is 0 Å². The van der Waals surface area contributed by atoms with E-state index in [1.165, 1.54) is 0 Å². The van der Waals surface area contributed by atoms with Gasteiger partial charge in [0, 0.05) is 0 Å². The lowest BCUT2D eigenvalue weighted by atomic mass is 9.90. The van der Waals surface area contributed by atoms with E-state index in [0.717, 1.165) is 0 Å². The van der Waals surface area contributed by atoms with Gasteiger partial charge in [0.1, 0.15) is 0 Å². The minimum absolute atomic E-state index is 0.0308. The molecule has 0 unspecified atom stereocenters. The molecule has 1 aliphatic rings. The van der Waals surface area contributed by atoms with Crippen molar-refractivity contribution in [1.82, 2.24) is 4.90 Å². The lowest BCUT2D eigenvalue weighted by Crippen LogP contribution is -2.40. The third-order valence-corrected chi connectivity index (χ3v) is 6.99. The zero-order chi connectivity index (χ0) is 18.7. The van der Waals surface area contributed by atoms with Gasteiger partial charge >= 0.3 is 6.18 Å². The molecular weight excluding hydrogens is 351 g/mol. The molecule has 0 spiro atoms. The van der Waals surface area contributed by atoms with Gasteiger partial charge in [0.25, 0.3) is 0 Å². The molecule has 0 radical (unpaired) electrons. The highest BCUT2D eigenvalue weighted by atomic mass is 32.2. The molecule has 1 aromatic rings. The number of benzene rings is 1. The number of hydrogen-bond donors (Lipinski definition) is 0. The second kappa shape index (κ2) is 7.66. The van der Waals surface area contributed by atoms with Crippen LogP contribution in [0.3, 0.4) is 0 Å². The van der Waals surface area contributed by atoms with Crippen molar-refractivity contribution in [2.24, 2.45) is 11.3 Å². The third kappa shape index (κ3) is 5.99. The van der Waals surface area contributed by atoms with E-state index in [0.29, 0.717) is 31.0 Å². The number of hydrogen-bond acceptors (Lipinski definition) is 3. The van der Waals surface area contributed by atoms with Crippen LogP contribution in [0.2, 0.25) is 0 Å². The maximum Gasteiger partial charge on any atom is 0.391 e. The molecule has 0 aromatic heterocycles. The molecule has 2 rings (SSSR count). The van der Waals surface area contributed by atoms with Crippen molar-refractivity contribution in [2.75, 3.05) is 25.4 Å². The Morgan fingerprint density at radius 1 is 1.08 bits per heavy atom. The summed E-state index contributed by atoms with van der Waals surface area (Å²) >= 11 is 0. The highest BCUT2D eigenvalue weighted by molar-refractivity contribution is 7.91. The van der Waals surface area contributed by atoms with Crippen LogP contribution in [0, 0.1) is 11.3 Å². The molecule has 1 heterocycles. The summed E-state index contributed by atoms with van der Waals surface area (Å²) in [4.78, 5) is 2.33. The van der Waals surface area contributed by atoms with Crippen LogP contribution in [-0.4, -0.2) is 44.9 Å². The quantitative estimate of drug-likeness (QED) is 0.747. The monoisotopic (exact) mass is 377 g/mol. The first-order valence-corrected chi connectivity index (χ1v) is 10.2. The van der Waals surface area contributed by atoms with Crippen molar-refractivity contribution in [1.29, 1.82) is 0 Å². The Hall–Kier alpha value is -1.08. The summed E-state index contributed by atoms with van der Waals surface area (Å²) in [6.07, 6.45) is -3.21. The maximum atomic E-state index is 12.7. The normalized spacial score (nSPS) is 18.4. The Morgan fingerprint density at radius 2 is 1.64 bits per heavy atom. The Morgan fingerprint density at radius 3 is 2.16 bits per heavy atom. The summed E-state index contributed by atoms with van der Waals surface area (Å²) < 4.78 is 63.1. The van der Waals surface area contributed by atoms with E-state index in [1.807, 2.05) is 18.7 Å². The minimum Gasteiger partial charge on any atom is -0.303 e. The number of rotatable bonds is 6. The Labute approximate surface area is 148 Å². The van der Waals surface area contributed by atoms with Crippen molar-refractivity contribution >= 4 is 9.84 Å². The van der Waals surface area contributed by atoms with E-state index >= 15 is 0 Å². The van der Waals surface area contributed by atoms with Gasteiger partial charge in [-0.05, 0) is 56.4 Å². The topological polar surface area (TPSA) is 37.4 Å². The molecule has 0 atom stereocenters. The van der Waals surface area contributed by atoms with Crippen LogP contribution in [0.4, 0.5) is 13.2 Å². The van der Waals surface area contributed by atoms with Crippen molar-refractivity contribution < 1.29 is 21.6 Å². The summed E-state index contributed by atoms with van der Waals surface area (Å²) in [6, 6.07) is 8.35. The van der Waals surface area contributed by atoms with Gasteiger partial charge < -0.3 is 4.90 Å². The second-order valence-corrected chi connectivity index (χ2v) is 9.63. The standard InChI is InChI=1S/C18H26F3NO2S/c1-17(2,14-25(23,24)16-6-4-3-5-7-16)10-13-22-11-8-15(9-12-22)18(19,20)21/h3-7,15H,8-14H2,1-2H3. The number of nitrogens with zero attached hydrogens (tertiary/aromatic N) is 1. The Kier molecular flexibility index (Phi) is 6.20. The zero-order valence-electron chi connectivity index (χ0n) is 14.7. The number of piperidine rings is 1. The first kappa shape index (κ1) is 20.2. The van der Waals surface area contributed by atoms with Gasteiger partial charge in [-0.1, -0.05) is 32.0 Å². The SMILES string of the molecule is CC(C)(CCN1CCC(C(F)(F)F)CC1)CS(=O)(=O)c1ccccc1. The van der Waals surface area contributed by atoms with Crippen LogP contribution < -0.4 is 0 Å².